The maximum atomic E-state index is 12.1. The maximum absolute atomic E-state index is 12.1. The summed E-state index contributed by atoms with van der Waals surface area (Å²) in [5.41, 5.74) is 4.78. The summed E-state index contributed by atoms with van der Waals surface area (Å²) in [6, 6.07) is 12.0. The summed E-state index contributed by atoms with van der Waals surface area (Å²) in [6.07, 6.45) is 1.14. The molecule has 130 valence electrons. The fourth-order valence-electron chi connectivity index (χ4n) is 4.13. The summed E-state index contributed by atoms with van der Waals surface area (Å²) in [4.78, 5) is 14.4. The fraction of sp³-hybridized carbons (Fsp3) is 0.400. The summed E-state index contributed by atoms with van der Waals surface area (Å²) >= 11 is 5.71. The van der Waals surface area contributed by atoms with E-state index in [-0.39, 0.29) is 5.56 Å². The first-order valence-corrected chi connectivity index (χ1v) is 9.25. The highest BCUT2D eigenvalue weighted by atomic mass is 32.1. The molecule has 0 spiro atoms. The van der Waals surface area contributed by atoms with Gasteiger partial charge in [0.05, 0.1) is 0 Å². The van der Waals surface area contributed by atoms with Crippen LogP contribution in [0, 0.1) is 19.8 Å². The van der Waals surface area contributed by atoms with Crippen LogP contribution in [-0.2, 0) is 6.54 Å². The van der Waals surface area contributed by atoms with Gasteiger partial charge in [0.15, 0.2) is 5.11 Å². The first-order valence-electron chi connectivity index (χ1n) is 8.84. The van der Waals surface area contributed by atoms with Gasteiger partial charge in [0.25, 0.3) is 5.56 Å². The number of benzene rings is 1. The van der Waals surface area contributed by atoms with Gasteiger partial charge in [0.2, 0.25) is 0 Å². The molecule has 0 aliphatic carbocycles. The number of likely N-dealkylation sites (tertiary alicyclic amines) is 1. The quantitative estimate of drug-likeness (QED) is 0.799. The number of nitrogens with zero attached hydrogens (tertiary/aromatic N) is 2. The Morgan fingerprint density at radius 2 is 2.00 bits per heavy atom. The molecule has 2 aliphatic rings. The molecule has 0 radical (unpaired) electrons. The Kier molecular flexibility index (Phi) is 4.12. The first kappa shape index (κ1) is 16.3. The second-order valence-electron chi connectivity index (χ2n) is 7.35. The number of hydrogen-bond acceptors (Lipinski definition) is 2. The lowest BCUT2D eigenvalue weighted by Crippen LogP contribution is -2.50. The van der Waals surface area contributed by atoms with Gasteiger partial charge in [-0.3, -0.25) is 4.79 Å². The molecule has 1 N–H and O–H groups in total. The lowest BCUT2D eigenvalue weighted by atomic mass is 9.83. The van der Waals surface area contributed by atoms with Crippen LogP contribution in [0.25, 0.3) is 0 Å². The third-order valence-electron chi connectivity index (χ3n) is 5.40. The second kappa shape index (κ2) is 6.30. The van der Waals surface area contributed by atoms with Gasteiger partial charge in [-0.1, -0.05) is 18.2 Å². The van der Waals surface area contributed by atoms with Crippen LogP contribution in [0.2, 0.25) is 0 Å². The molecule has 2 atom stereocenters. The minimum absolute atomic E-state index is 0.122. The van der Waals surface area contributed by atoms with Gasteiger partial charge in [0.1, 0.15) is 0 Å². The van der Waals surface area contributed by atoms with Crippen LogP contribution in [0.3, 0.4) is 0 Å². The average Bonchev–Trinajstić information content (AvgIpc) is 2.59. The van der Waals surface area contributed by atoms with Crippen LogP contribution in [-0.4, -0.2) is 27.7 Å². The van der Waals surface area contributed by atoms with Gasteiger partial charge in [-0.15, -0.1) is 0 Å². The number of hydrogen-bond donors (Lipinski definition) is 1. The minimum Gasteiger partial charge on any atom is -0.348 e. The van der Waals surface area contributed by atoms with E-state index >= 15 is 0 Å². The number of pyridine rings is 1. The third kappa shape index (κ3) is 3.09. The number of nitrogens with one attached hydrogen (secondary N) is 1. The van der Waals surface area contributed by atoms with Gasteiger partial charge in [0, 0.05) is 43.0 Å². The Morgan fingerprint density at radius 1 is 1.16 bits per heavy atom. The van der Waals surface area contributed by atoms with Crippen LogP contribution in [0.4, 0.5) is 5.69 Å². The Balaban J connectivity index is 1.55. The molecule has 2 bridgehead atoms. The maximum Gasteiger partial charge on any atom is 0.250 e. The molecule has 0 amide bonds. The number of rotatable bonds is 1. The zero-order valence-electron chi connectivity index (χ0n) is 14.7. The van der Waals surface area contributed by atoms with Crippen molar-refractivity contribution in [3.8, 4) is 0 Å². The molecule has 2 unspecified atom stereocenters. The number of piperidine rings is 1. The number of fused-ring (bicyclic) bond motifs is 4. The molecule has 4 nitrogen and oxygen atoms in total. The summed E-state index contributed by atoms with van der Waals surface area (Å²) < 4.78 is 1.96. The Labute approximate surface area is 153 Å². The number of aryl methyl sites for hydroxylation is 2. The van der Waals surface area contributed by atoms with E-state index in [2.05, 4.69) is 48.3 Å². The highest BCUT2D eigenvalue weighted by Crippen LogP contribution is 2.35. The predicted octanol–water partition coefficient (Wildman–Crippen LogP) is 3.28. The van der Waals surface area contributed by atoms with Gasteiger partial charge in [-0.05, 0) is 61.7 Å². The molecule has 0 saturated carbocycles. The highest BCUT2D eigenvalue weighted by molar-refractivity contribution is 7.80. The largest absolute Gasteiger partial charge is 0.348 e. The van der Waals surface area contributed by atoms with E-state index in [0.717, 1.165) is 42.5 Å². The van der Waals surface area contributed by atoms with Crippen molar-refractivity contribution in [2.24, 2.45) is 5.92 Å². The van der Waals surface area contributed by atoms with Crippen molar-refractivity contribution >= 4 is 23.0 Å². The van der Waals surface area contributed by atoms with Crippen LogP contribution in [0.1, 0.15) is 29.2 Å². The molecule has 1 aromatic heterocycles. The van der Waals surface area contributed by atoms with Crippen molar-refractivity contribution in [1.29, 1.82) is 0 Å². The molecule has 1 saturated heterocycles. The summed E-state index contributed by atoms with van der Waals surface area (Å²) in [7, 11) is 0. The second-order valence-corrected chi connectivity index (χ2v) is 7.74. The Morgan fingerprint density at radius 3 is 2.84 bits per heavy atom. The van der Waals surface area contributed by atoms with Crippen LogP contribution < -0.4 is 10.9 Å². The Hall–Kier alpha value is -2.14. The van der Waals surface area contributed by atoms with Gasteiger partial charge >= 0.3 is 0 Å². The van der Waals surface area contributed by atoms with Gasteiger partial charge in [-0.2, -0.15) is 0 Å². The summed E-state index contributed by atoms with van der Waals surface area (Å²) in [5.74, 6) is 0.851. The summed E-state index contributed by atoms with van der Waals surface area (Å²) in [6.45, 7) is 6.77. The van der Waals surface area contributed by atoms with E-state index in [4.69, 9.17) is 12.2 Å². The molecule has 2 aliphatic heterocycles. The standard InChI is InChI=1S/C20H23N3OS/c1-13-6-7-14(2)17(8-13)21-20(25)22-10-15-9-16(12-22)18-4-3-5-19(24)23(18)11-15/h3-8,15-16H,9-12H2,1-2H3,(H,21,25). The number of anilines is 1. The molecule has 2 aromatic rings. The molecule has 25 heavy (non-hydrogen) atoms. The average molecular weight is 353 g/mol. The zero-order valence-corrected chi connectivity index (χ0v) is 15.5. The van der Waals surface area contributed by atoms with E-state index in [1.54, 1.807) is 6.07 Å². The Bertz CT molecular complexity index is 889. The smallest absolute Gasteiger partial charge is 0.250 e. The van der Waals surface area contributed by atoms with Crippen molar-refractivity contribution in [2.45, 2.75) is 32.7 Å². The third-order valence-corrected chi connectivity index (χ3v) is 5.76. The van der Waals surface area contributed by atoms with Crippen molar-refractivity contribution in [3.05, 3.63) is 63.6 Å². The predicted molar refractivity (Wildman–Crippen MR) is 105 cm³/mol. The van der Waals surface area contributed by atoms with E-state index < -0.39 is 0 Å². The lowest BCUT2D eigenvalue weighted by molar-refractivity contribution is 0.180. The van der Waals surface area contributed by atoms with Gasteiger partial charge < -0.3 is 14.8 Å². The minimum atomic E-state index is 0.122. The van der Waals surface area contributed by atoms with Crippen LogP contribution >= 0.6 is 12.2 Å². The van der Waals surface area contributed by atoms with E-state index in [1.807, 2.05) is 10.6 Å². The summed E-state index contributed by atoms with van der Waals surface area (Å²) in [5, 5.41) is 4.22. The van der Waals surface area contributed by atoms with E-state index in [9.17, 15) is 4.79 Å². The van der Waals surface area contributed by atoms with Crippen LogP contribution in [0.15, 0.2) is 41.2 Å². The highest BCUT2D eigenvalue weighted by Gasteiger charge is 2.35. The topological polar surface area (TPSA) is 37.3 Å². The molecule has 5 heteroatoms. The lowest BCUT2D eigenvalue weighted by Gasteiger charge is -2.43. The van der Waals surface area contributed by atoms with Crippen molar-refractivity contribution in [3.63, 3.8) is 0 Å². The fourth-order valence-corrected chi connectivity index (χ4v) is 4.39. The monoisotopic (exact) mass is 353 g/mol. The molecular formula is C20H23N3OS. The van der Waals surface area contributed by atoms with E-state index in [1.165, 1.54) is 11.1 Å². The molecule has 3 heterocycles. The van der Waals surface area contributed by atoms with Crippen molar-refractivity contribution in [1.82, 2.24) is 9.47 Å². The van der Waals surface area contributed by atoms with Crippen molar-refractivity contribution in [2.75, 3.05) is 18.4 Å². The van der Waals surface area contributed by atoms with E-state index in [0.29, 0.717) is 11.8 Å². The zero-order chi connectivity index (χ0) is 17.6. The SMILES string of the molecule is Cc1ccc(C)c(NC(=S)N2CC3CC(C2)c2cccc(=O)n2C3)c1. The van der Waals surface area contributed by atoms with Gasteiger partial charge in [-0.25, -0.2) is 0 Å². The first-order chi connectivity index (χ1) is 12.0. The van der Waals surface area contributed by atoms with Crippen molar-refractivity contribution < 1.29 is 0 Å². The van der Waals surface area contributed by atoms with Crippen LogP contribution in [0.5, 0.6) is 0 Å². The molecule has 4 rings (SSSR count). The normalized spacial score (nSPS) is 21.6. The molecule has 1 aromatic carbocycles. The number of aromatic nitrogens is 1. The number of thiocarbonyl (C=S) groups is 1. The molecule has 1 fully saturated rings. The molecular weight excluding hydrogens is 330 g/mol.